The Labute approximate surface area is 192 Å². The third-order valence-corrected chi connectivity index (χ3v) is 6.12. The molecule has 1 saturated heterocycles. The molecule has 0 spiro atoms. The minimum absolute atomic E-state index is 0.0246. The lowest BCUT2D eigenvalue weighted by atomic mass is 9.85. The molecule has 2 aromatic rings. The van der Waals surface area contributed by atoms with Crippen LogP contribution in [0.15, 0.2) is 29.1 Å². The van der Waals surface area contributed by atoms with Crippen molar-refractivity contribution in [3.05, 3.63) is 34.8 Å². The Kier molecular flexibility index (Phi) is 6.68. The predicted molar refractivity (Wildman–Crippen MR) is 118 cm³/mol. The molecule has 2 aromatic heterocycles. The first-order valence-corrected chi connectivity index (χ1v) is 11.1. The summed E-state index contributed by atoms with van der Waals surface area (Å²) in [5.74, 6) is -0.490. The standard InChI is InChI=1S/C20H21ClFN5O4S/c1-11-16(29-2)15(13-3-5-23-14(21)7-13)20(22,10-24-11)17(28)25-18-26-27-19(32-18)31-9-12-4-6-30-8-12/h3,5,7,12H,4,6,8-10H2,1-2H3,(H,25,26,28)/t12-,20?/m1/s1. The lowest BCUT2D eigenvalue weighted by Crippen LogP contribution is -2.45. The molecule has 1 N–H and O–H groups in total. The summed E-state index contributed by atoms with van der Waals surface area (Å²) in [4.78, 5) is 21.2. The molecule has 4 heterocycles. The van der Waals surface area contributed by atoms with Crippen molar-refractivity contribution in [2.24, 2.45) is 10.9 Å². The molecule has 2 aliphatic heterocycles. The fraction of sp³-hybridized carbons (Fsp3) is 0.450. The van der Waals surface area contributed by atoms with Gasteiger partial charge in [0.25, 0.3) is 11.1 Å². The number of aromatic nitrogens is 3. The van der Waals surface area contributed by atoms with Gasteiger partial charge in [0.1, 0.15) is 10.9 Å². The highest BCUT2D eigenvalue weighted by Crippen LogP contribution is 2.39. The number of hydrogen-bond acceptors (Lipinski definition) is 9. The van der Waals surface area contributed by atoms with E-state index in [9.17, 15) is 4.79 Å². The molecular weight excluding hydrogens is 461 g/mol. The smallest absolute Gasteiger partial charge is 0.295 e. The van der Waals surface area contributed by atoms with Crippen LogP contribution < -0.4 is 10.1 Å². The number of amides is 1. The van der Waals surface area contributed by atoms with Crippen LogP contribution in [0.2, 0.25) is 5.15 Å². The van der Waals surface area contributed by atoms with Gasteiger partial charge in [0.15, 0.2) is 0 Å². The topological polar surface area (TPSA) is 108 Å². The fourth-order valence-corrected chi connectivity index (χ4v) is 4.28. The number of hydrogen-bond donors (Lipinski definition) is 1. The molecule has 9 nitrogen and oxygen atoms in total. The Morgan fingerprint density at radius 2 is 2.31 bits per heavy atom. The highest BCUT2D eigenvalue weighted by atomic mass is 35.5. The third kappa shape index (κ3) is 4.59. The van der Waals surface area contributed by atoms with E-state index in [0.29, 0.717) is 37.0 Å². The van der Waals surface area contributed by atoms with Crippen LogP contribution in [-0.4, -0.2) is 65.9 Å². The number of dihydropyridines is 1. The van der Waals surface area contributed by atoms with Crippen molar-refractivity contribution in [1.29, 1.82) is 0 Å². The molecule has 1 unspecified atom stereocenters. The monoisotopic (exact) mass is 481 g/mol. The fourth-order valence-electron chi connectivity index (χ4n) is 3.51. The van der Waals surface area contributed by atoms with Gasteiger partial charge >= 0.3 is 0 Å². The zero-order valence-electron chi connectivity index (χ0n) is 17.4. The predicted octanol–water partition coefficient (Wildman–Crippen LogP) is 3.18. The van der Waals surface area contributed by atoms with Crippen molar-refractivity contribution >= 4 is 45.3 Å². The molecule has 4 rings (SSSR count). The van der Waals surface area contributed by atoms with Gasteiger partial charge in [-0.25, -0.2) is 9.37 Å². The lowest BCUT2D eigenvalue weighted by Gasteiger charge is -2.31. The first-order valence-electron chi connectivity index (χ1n) is 9.87. The van der Waals surface area contributed by atoms with Gasteiger partial charge in [-0.3, -0.25) is 15.1 Å². The lowest BCUT2D eigenvalue weighted by molar-refractivity contribution is -0.123. The zero-order chi connectivity index (χ0) is 22.7. The van der Waals surface area contributed by atoms with Crippen molar-refractivity contribution in [3.63, 3.8) is 0 Å². The summed E-state index contributed by atoms with van der Waals surface area (Å²) >= 11 is 7.02. The van der Waals surface area contributed by atoms with E-state index in [4.69, 9.17) is 25.8 Å². The average molecular weight is 482 g/mol. The summed E-state index contributed by atoms with van der Waals surface area (Å²) in [6.45, 7) is 3.06. The molecule has 12 heteroatoms. The number of carbonyl (C=O) groups is 1. The number of carbonyl (C=O) groups excluding carboxylic acids is 1. The maximum atomic E-state index is 16.3. The summed E-state index contributed by atoms with van der Waals surface area (Å²) in [7, 11) is 1.39. The number of alkyl halides is 1. The average Bonchev–Trinajstić information content (AvgIpc) is 3.45. The summed E-state index contributed by atoms with van der Waals surface area (Å²) in [6.07, 6.45) is 2.35. The molecule has 0 saturated carbocycles. The van der Waals surface area contributed by atoms with E-state index in [-0.39, 0.29) is 26.8 Å². The van der Waals surface area contributed by atoms with E-state index in [1.54, 1.807) is 13.0 Å². The first kappa shape index (κ1) is 22.6. The summed E-state index contributed by atoms with van der Waals surface area (Å²) in [5.41, 5.74) is -1.66. The summed E-state index contributed by atoms with van der Waals surface area (Å²) in [6, 6.07) is 3.03. The molecule has 0 aromatic carbocycles. The second-order valence-electron chi connectivity index (χ2n) is 7.35. The van der Waals surface area contributed by atoms with Gasteiger partial charge < -0.3 is 14.2 Å². The number of allylic oxidation sites excluding steroid dienone is 1. The van der Waals surface area contributed by atoms with Crippen LogP contribution in [0, 0.1) is 5.92 Å². The Hall–Kier alpha value is -2.63. The summed E-state index contributed by atoms with van der Waals surface area (Å²) < 4.78 is 32.6. The van der Waals surface area contributed by atoms with E-state index in [2.05, 4.69) is 25.5 Å². The maximum Gasteiger partial charge on any atom is 0.295 e. The zero-order valence-corrected chi connectivity index (χ0v) is 19.0. The largest absolute Gasteiger partial charge is 0.494 e. The number of halogens is 2. The van der Waals surface area contributed by atoms with Crippen molar-refractivity contribution in [3.8, 4) is 5.19 Å². The molecule has 2 aliphatic rings. The second kappa shape index (κ2) is 9.47. The van der Waals surface area contributed by atoms with Gasteiger partial charge in [0, 0.05) is 18.7 Å². The highest BCUT2D eigenvalue weighted by molar-refractivity contribution is 7.17. The van der Waals surface area contributed by atoms with Crippen LogP contribution >= 0.6 is 22.9 Å². The van der Waals surface area contributed by atoms with E-state index in [1.165, 1.54) is 19.4 Å². The number of ether oxygens (including phenoxy) is 3. The quantitative estimate of drug-likeness (QED) is 0.605. The van der Waals surface area contributed by atoms with Gasteiger partial charge in [0.05, 0.1) is 38.2 Å². The van der Waals surface area contributed by atoms with Crippen LogP contribution in [0.25, 0.3) is 5.57 Å². The van der Waals surface area contributed by atoms with Crippen LogP contribution in [0.1, 0.15) is 18.9 Å². The Morgan fingerprint density at radius 1 is 1.47 bits per heavy atom. The van der Waals surface area contributed by atoms with E-state index < -0.39 is 18.1 Å². The Balaban J connectivity index is 1.56. The van der Waals surface area contributed by atoms with Gasteiger partial charge in [-0.05, 0) is 42.4 Å². The van der Waals surface area contributed by atoms with Gasteiger partial charge in [-0.2, -0.15) is 0 Å². The highest BCUT2D eigenvalue weighted by Gasteiger charge is 2.48. The van der Waals surface area contributed by atoms with Crippen molar-refractivity contribution in [2.45, 2.75) is 19.0 Å². The molecule has 1 amide bonds. The number of anilines is 1. The second-order valence-corrected chi connectivity index (χ2v) is 8.67. The molecule has 0 bridgehead atoms. The molecule has 170 valence electrons. The van der Waals surface area contributed by atoms with Crippen LogP contribution in [0.5, 0.6) is 5.19 Å². The molecule has 2 atom stereocenters. The van der Waals surface area contributed by atoms with E-state index in [0.717, 1.165) is 17.8 Å². The van der Waals surface area contributed by atoms with E-state index in [1.807, 2.05) is 0 Å². The minimum Gasteiger partial charge on any atom is -0.494 e. The summed E-state index contributed by atoms with van der Waals surface area (Å²) in [5, 5.41) is 10.9. The van der Waals surface area contributed by atoms with Gasteiger partial charge in [0.2, 0.25) is 10.8 Å². The van der Waals surface area contributed by atoms with Crippen molar-refractivity contribution in [2.75, 3.05) is 38.8 Å². The van der Waals surface area contributed by atoms with Crippen LogP contribution in [0.4, 0.5) is 9.52 Å². The van der Waals surface area contributed by atoms with Crippen molar-refractivity contribution in [1.82, 2.24) is 15.2 Å². The van der Waals surface area contributed by atoms with Crippen LogP contribution in [-0.2, 0) is 14.3 Å². The van der Waals surface area contributed by atoms with E-state index >= 15 is 4.39 Å². The maximum absolute atomic E-state index is 16.3. The molecule has 0 aliphatic carbocycles. The number of nitrogens with one attached hydrogen (secondary N) is 1. The molecule has 0 radical (unpaired) electrons. The Bertz CT molecular complexity index is 1070. The Morgan fingerprint density at radius 3 is 3.03 bits per heavy atom. The molecule has 1 fully saturated rings. The van der Waals surface area contributed by atoms with Crippen LogP contribution in [0.3, 0.4) is 0 Å². The number of nitrogens with zero attached hydrogens (tertiary/aromatic N) is 4. The molecule has 32 heavy (non-hydrogen) atoms. The number of aliphatic imine (C=N–C) groups is 1. The molecular formula is C20H21ClFN5O4S. The minimum atomic E-state index is -2.52. The third-order valence-electron chi connectivity index (χ3n) is 5.16. The normalized spacial score (nSPS) is 23.1. The number of rotatable bonds is 7. The van der Waals surface area contributed by atoms with Gasteiger partial charge in [-0.15, -0.1) is 5.10 Å². The van der Waals surface area contributed by atoms with Crippen molar-refractivity contribution < 1.29 is 23.4 Å². The first-order chi connectivity index (χ1) is 15.4. The van der Waals surface area contributed by atoms with Gasteiger partial charge in [-0.1, -0.05) is 16.7 Å². The SMILES string of the molecule is COC1=C(c2ccnc(Cl)c2)C(F)(C(=O)Nc2nnc(OC[C@@H]3CCOC3)s2)CN=C1C. The number of methoxy groups -OCH3 is 1. The number of pyridine rings is 1.